The summed E-state index contributed by atoms with van der Waals surface area (Å²) in [5.74, 6) is 0.0487. The van der Waals surface area contributed by atoms with Crippen molar-refractivity contribution in [3.63, 3.8) is 0 Å². The quantitative estimate of drug-likeness (QED) is 0.792. The lowest BCUT2D eigenvalue weighted by atomic mass is 10.2. The molecule has 1 heterocycles. The van der Waals surface area contributed by atoms with Gasteiger partial charge in [0.15, 0.2) is 5.82 Å². The summed E-state index contributed by atoms with van der Waals surface area (Å²) in [5.41, 5.74) is 7.54. The maximum absolute atomic E-state index is 12.2. The molecule has 3 N–H and O–H groups in total. The molecule has 1 aliphatic carbocycles. The Morgan fingerprint density at radius 2 is 2.26 bits per heavy atom. The molecule has 7 heteroatoms. The Morgan fingerprint density at radius 1 is 1.53 bits per heavy atom. The van der Waals surface area contributed by atoms with Gasteiger partial charge in [0.1, 0.15) is 4.90 Å². The van der Waals surface area contributed by atoms with Crippen LogP contribution < -0.4 is 10.5 Å². The van der Waals surface area contributed by atoms with E-state index in [0.717, 1.165) is 19.3 Å². The van der Waals surface area contributed by atoms with Gasteiger partial charge in [0.2, 0.25) is 10.0 Å². The van der Waals surface area contributed by atoms with Crippen LogP contribution in [0.2, 0.25) is 0 Å². The highest BCUT2D eigenvalue weighted by molar-refractivity contribution is 7.89. The number of rotatable bonds is 5. The lowest BCUT2D eigenvalue weighted by Gasteiger charge is -2.07. The second kappa shape index (κ2) is 5.34. The standard InChI is InChI=1S/C12H20N4O2S/c1-9-11(12(13)15-16(9)2)19(17,18)14-8-7-10-5-3-4-6-10/h5,14H,3-4,6-8H2,1-2H3,(H2,13,15). The summed E-state index contributed by atoms with van der Waals surface area (Å²) in [6.45, 7) is 2.10. The fourth-order valence-electron chi connectivity index (χ4n) is 2.33. The summed E-state index contributed by atoms with van der Waals surface area (Å²) in [4.78, 5) is 0.0930. The number of nitrogens with zero attached hydrogens (tertiary/aromatic N) is 2. The van der Waals surface area contributed by atoms with Crippen LogP contribution in [0.5, 0.6) is 0 Å². The second-order valence-corrected chi connectivity index (χ2v) is 6.53. The number of nitrogen functional groups attached to an aromatic ring is 1. The van der Waals surface area contributed by atoms with E-state index in [1.54, 1.807) is 14.0 Å². The second-order valence-electron chi connectivity index (χ2n) is 4.83. The third kappa shape index (κ3) is 2.98. The molecule has 0 amide bonds. The van der Waals surface area contributed by atoms with E-state index in [-0.39, 0.29) is 10.7 Å². The first-order chi connectivity index (χ1) is 8.92. The summed E-state index contributed by atoms with van der Waals surface area (Å²) < 4.78 is 28.5. The molecule has 0 fully saturated rings. The van der Waals surface area contributed by atoms with E-state index in [4.69, 9.17) is 5.73 Å². The number of aromatic nitrogens is 2. The van der Waals surface area contributed by atoms with Gasteiger partial charge in [-0.05, 0) is 32.6 Å². The van der Waals surface area contributed by atoms with Crippen molar-refractivity contribution < 1.29 is 8.42 Å². The minimum absolute atomic E-state index is 0.0487. The highest BCUT2D eigenvalue weighted by Crippen LogP contribution is 2.22. The SMILES string of the molecule is Cc1c(S(=O)(=O)NCCC2=CCCC2)c(N)nn1C. The average Bonchev–Trinajstić information content (AvgIpc) is 2.88. The van der Waals surface area contributed by atoms with E-state index in [9.17, 15) is 8.42 Å². The van der Waals surface area contributed by atoms with Crippen molar-refractivity contribution >= 4 is 15.8 Å². The molecule has 0 atom stereocenters. The maximum Gasteiger partial charge on any atom is 0.246 e. The van der Waals surface area contributed by atoms with Crippen molar-refractivity contribution in [2.75, 3.05) is 12.3 Å². The van der Waals surface area contributed by atoms with Gasteiger partial charge in [-0.25, -0.2) is 13.1 Å². The van der Waals surface area contributed by atoms with Crippen molar-refractivity contribution in [3.05, 3.63) is 17.3 Å². The third-order valence-electron chi connectivity index (χ3n) is 3.45. The molecule has 0 radical (unpaired) electrons. The summed E-state index contributed by atoms with van der Waals surface area (Å²) in [7, 11) is -1.90. The average molecular weight is 284 g/mol. The molecule has 2 rings (SSSR count). The topological polar surface area (TPSA) is 90.0 Å². The molecule has 0 aromatic carbocycles. The number of nitrogens with one attached hydrogen (secondary N) is 1. The van der Waals surface area contributed by atoms with E-state index in [1.807, 2.05) is 0 Å². The van der Waals surface area contributed by atoms with Crippen LogP contribution in [0, 0.1) is 6.92 Å². The predicted molar refractivity (Wildman–Crippen MR) is 74.1 cm³/mol. The monoisotopic (exact) mass is 284 g/mol. The molecule has 0 saturated heterocycles. The minimum Gasteiger partial charge on any atom is -0.381 e. The summed E-state index contributed by atoms with van der Waals surface area (Å²) in [6, 6.07) is 0. The Labute approximate surface area is 113 Å². The zero-order chi connectivity index (χ0) is 14.0. The van der Waals surface area contributed by atoms with Gasteiger partial charge in [-0.2, -0.15) is 5.10 Å². The van der Waals surface area contributed by atoms with Crippen LogP contribution in [0.1, 0.15) is 31.4 Å². The molecule has 0 unspecified atom stereocenters. The molecule has 0 bridgehead atoms. The largest absolute Gasteiger partial charge is 0.381 e. The number of anilines is 1. The Balaban J connectivity index is 2.05. The van der Waals surface area contributed by atoms with E-state index < -0.39 is 10.0 Å². The van der Waals surface area contributed by atoms with E-state index in [1.165, 1.54) is 16.7 Å². The van der Waals surface area contributed by atoms with Crippen molar-refractivity contribution in [3.8, 4) is 0 Å². The third-order valence-corrected chi connectivity index (χ3v) is 5.07. The highest BCUT2D eigenvalue weighted by atomic mass is 32.2. The Morgan fingerprint density at radius 3 is 2.79 bits per heavy atom. The van der Waals surface area contributed by atoms with Crippen molar-refractivity contribution in [2.24, 2.45) is 7.05 Å². The normalized spacial score (nSPS) is 15.8. The molecule has 0 aliphatic heterocycles. The molecule has 1 aliphatic rings. The van der Waals surface area contributed by atoms with Gasteiger partial charge in [-0.15, -0.1) is 0 Å². The zero-order valence-corrected chi connectivity index (χ0v) is 12.1. The molecule has 106 valence electrons. The van der Waals surface area contributed by atoms with Crippen LogP contribution in [0.3, 0.4) is 0 Å². The Kier molecular flexibility index (Phi) is 3.96. The van der Waals surface area contributed by atoms with Gasteiger partial charge in [0.05, 0.1) is 5.69 Å². The molecule has 0 spiro atoms. The van der Waals surface area contributed by atoms with E-state index in [0.29, 0.717) is 12.2 Å². The summed E-state index contributed by atoms with van der Waals surface area (Å²) in [5, 5.41) is 3.93. The lowest BCUT2D eigenvalue weighted by molar-refractivity contribution is 0.580. The molecule has 1 aromatic rings. The number of nitrogens with two attached hydrogens (primary N) is 1. The molecular formula is C12H20N4O2S. The van der Waals surface area contributed by atoms with Crippen molar-refractivity contribution in [1.29, 1.82) is 0 Å². The first-order valence-electron chi connectivity index (χ1n) is 6.38. The fraction of sp³-hybridized carbons (Fsp3) is 0.583. The van der Waals surface area contributed by atoms with Gasteiger partial charge in [-0.1, -0.05) is 11.6 Å². The smallest absolute Gasteiger partial charge is 0.246 e. The minimum atomic E-state index is -3.58. The van der Waals surface area contributed by atoms with E-state index >= 15 is 0 Å². The van der Waals surface area contributed by atoms with Crippen LogP contribution in [0.15, 0.2) is 16.5 Å². The van der Waals surface area contributed by atoms with Crippen LogP contribution in [0.4, 0.5) is 5.82 Å². The van der Waals surface area contributed by atoms with Gasteiger partial charge in [0.25, 0.3) is 0 Å². The van der Waals surface area contributed by atoms with E-state index in [2.05, 4.69) is 15.9 Å². The highest BCUT2D eigenvalue weighted by Gasteiger charge is 2.24. The van der Waals surface area contributed by atoms with Crippen LogP contribution in [-0.4, -0.2) is 24.7 Å². The Hall–Kier alpha value is -1.34. The first-order valence-corrected chi connectivity index (χ1v) is 7.87. The predicted octanol–water partition coefficient (Wildman–Crippen LogP) is 1.09. The van der Waals surface area contributed by atoms with Crippen LogP contribution in [-0.2, 0) is 17.1 Å². The van der Waals surface area contributed by atoms with Gasteiger partial charge in [-0.3, -0.25) is 4.68 Å². The number of allylic oxidation sites excluding steroid dienone is 1. The number of sulfonamides is 1. The molecule has 1 aromatic heterocycles. The molecule has 19 heavy (non-hydrogen) atoms. The zero-order valence-electron chi connectivity index (χ0n) is 11.3. The van der Waals surface area contributed by atoms with Gasteiger partial charge in [0, 0.05) is 13.6 Å². The van der Waals surface area contributed by atoms with Crippen LogP contribution >= 0.6 is 0 Å². The first kappa shape index (κ1) is 14.1. The van der Waals surface area contributed by atoms with Crippen molar-refractivity contribution in [2.45, 2.75) is 37.5 Å². The number of hydrogen-bond acceptors (Lipinski definition) is 4. The maximum atomic E-state index is 12.2. The molecular weight excluding hydrogens is 264 g/mol. The molecule has 0 saturated carbocycles. The summed E-state index contributed by atoms with van der Waals surface area (Å²) in [6.07, 6.45) is 6.32. The lowest BCUT2D eigenvalue weighted by Crippen LogP contribution is -2.26. The van der Waals surface area contributed by atoms with Crippen molar-refractivity contribution in [1.82, 2.24) is 14.5 Å². The van der Waals surface area contributed by atoms with Gasteiger partial charge >= 0.3 is 0 Å². The number of hydrogen-bond donors (Lipinski definition) is 2. The molecule has 6 nitrogen and oxygen atoms in total. The fourth-order valence-corrected chi connectivity index (χ4v) is 3.68. The Bertz CT molecular complexity index is 601. The van der Waals surface area contributed by atoms with Gasteiger partial charge < -0.3 is 5.73 Å². The number of aryl methyl sites for hydroxylation is 1. The summed E-state index contributed by atoms with van der Waals surface area (Å²) >= 11 is 0. The van der Waals surface area contributed by atoms with Crippen LogP contribution in [0.25, 0.3) is 0 Å².